The number of hydrogen-bond donors (Lipinski definition) is 1. The maximum absolute atomic E-state index is 12.9. The van der Waals surface area contributed by atoms with Gasteiger partial charge in [-0.2, -0.15) is 0 Å². The van der Waals surface area contributed by atoms with Gasteiger partial charge in [-0.05, 0) is 24.3 Å². The topological polar surface area (TPSA) is 43.1 Å². The maximum Gasteiger partial charge on any atom is 0.142 e. The summed E-state index contributed by atoms with van der Waals surface area (Å²) in [6, 6.07) is 4.39. The van der Waals surface area contributed by atoms with Gasteiger partial charge in [0.1, 0.15) is 12.1 Å². The molecule has 0 radical (unpaired) electrons. The first-order valence-corrected chi connectivity index (χ1v) is 3.41. The standard InChI is InChI=1S/C9H8FNO/c10-8-4-1-5-9(11)7(8)3-2-6-12/h1-6H,11H2. The molecule has 1 aromatic rings. The molecule has 0 fully saturated rings. The SMILES string of the molecule is Nc1cccc(F)c1C=CC=O. The van der Waals surface area contributed by atoms with Gasteiger partial charge in [0.15, 0.2) is 0 Å². The third-order valence-corrected chi connectivity index (χ3v) is 1.43. The van der Waals surface area contributed by atoms with Crippen LogP contribution in [-0.4, -0.2) is 6.29 Å². The monoisotopic (exact) mass is 165 g/mol. The first-order valence-electron chi connectivity index (χ1n) is 3.41. The third-order valence-electron chi connectivity index (χ3n) is 1.43. The van der Waals surface area contributed by atoms with Crippen molar-refractivity contribution in [2.45, 2.75) is 0 Å². The highest BCUT2D eigenvalue weighted by Crippen LogP contribution is 2.16. The van der Waals surface area contributed by atoms with Crippen molar-refractivity contribution in [2.75, 3.05) is 5.73 Å². The second-order valence-corrected chi connectivity index (χ2v) is 2.24. The number of halogens is 1. The molecule has 0 aliphatic heterocycles. The fourth-order valence-corrected chi connectivity index (χ4v) is 0.865. The highest BCUT2D eigenvalue weighted by atomic mass is 19.1. The molecular formula is C9H8FNO. The van der Waals surface area contributed by atoms with Gasteiger partial charge in [0.05, 0.1) is 0 Å². The van der Waals surface area contributed by atoms with E-state index in [-0.39, 0.29) is 5.56 Å². The van der Waals surface area contributed by atoms with Crippen molar-refractivity contribution in [3.8, 4) is 0 Å². The summed E-state index contributed by atoms with van der Waals surface area (Å²) < 4.78 is 12.9. The molecule has 2 nitrogen and oxygen atoms in total. The molecule has 12 heavy (non-hydrogen) atoms. The lowest BCUT2D eigenvalue weighted by molar-refractivity contribution is -0.104. The van der Waals surface area contributed by atoms with Gasteiger partial charge >= 0.3 is 0 Å². The first kappa shape index (κ1) is 8.46. The summed E-state index contributed by atoms with van der Waals surface area (Å²) >= 11 is 0. The van der Waals surface area contributed by atoms with E-state index in [0.717, 1.165) is 0 Å². The van der Waals surface area contributed by atoms with E-state index in [1.165, 1.54) is 24.3 Å². The molecule has 1 aromatic carbocycles. The van der Waals surface area contributed by atoms with E-state index in [1.807, 2.05) is 0 Å². The van der Waals surface area contributed by atoms with Gasteiger partial charge in [-0.15, -0.1) is 0 Å². The second-order valence-electron chi connectivity index (χ2n) is 2.24. The Kier molecular flexibility index (Phi) is 2.58. The van der Waals surface area contributed by atoms with E-state index in [4.69, 9.17) is 5.73 Å². The van der Waals surface area contributed by atoms with E-state index < -0.39 is 5.82 Å². The molecule has 3 heteroatoms. The highest BCUT2D eigenvalue weighted by molar-refractivity contribution is 5.77. The zero-order valence-electron chi connectivity index (χ0n) is 6.33. The molecule has 0 aliphatic carbocycles. The zero-order chi connectivity index (χ0) is 8.97. The Morgan fingerprint density at radius 1 is 1.42 bits per heavy atom. The van der Waals surface area contributed by atoms with Crippen LogP contribution in [0.2, 0.25) is 0 Å². The number of carbonyl (C=O) groups is 1. The smallest absolute Gasteiger partial charge is 0.142 e. The average Bonchev–Trinajstić information content (AvgIpc) is 2.04. The van der Waals surface area contributed by atoms with Gasteiger partial charge in [-0.1, -0.05) is 6.07 Å². The van der Waals surface area contributed by atoms with E-state index in [2.05, 4.69) is 0 Å². The summed E-state index contributed by atoms with van der Waals surface area (Å²) in [6.45, 7) is 0. The number of carbonyl (C=O) groups excluding carboxylic acids is 1. The number of hydrogen-bond acceptors (Lipinski definition) is 2. The summed E-state index contributed by atoms with van der Waals surface area (Å²) in [5, 5.41) is 0. The summed E-state index contributed by atoms with van der Waals surface area (Å²) in [4.78, 5) is 9.95. The lowest BCUT2D eigenvalue weighted by Gasteiger charge is -1.99. The number of rotatable bonds is 2. The van der Waals surface area contributed by atoms with Crippen LogP contribution in [0.25, 0.3) is 6.08 Å². The van der Waals surface area contributed by atoms with E-state index in [9.17, 15) is 9.18 Å². The fraction of sp³-hybridized carbons (Fsp3) is 0. The van der Waals surface area contributed by atoms with E-state index >= 15 is 0 Å². The molecule has 0 aromatic heterocycles. The molecule has 0 atom stereocenters. The third kappa shape index (κ3) is 1.69. The van der Waals surface area contributed by atoms with Crippen LogP contribution in [-0.2, 0) is 4.79 Å². The minimum Gasteiger partial charge on any atom is -0.398 e. The van der Waals surface area contributed by atoms with Crippen LogP contribution in [0.3, 0.4) is 0 Å². The number of benzene rings is 1. The van der Waals surface area contributed by atoms with Crippen molar-refractivity contribution in [1.82, 2.24) is 0 Å². The minimum absolute atomic E-state index is 0.254. The Labute approximate surface area is 69.5 Å². The quantitative estimate of drug-likeness (QED) is 0.411. The van der Waals surface area contributed by atoms with Crippen LogP contribution in [0.4, 0.5) is 10.1 Å². The Balaban J connectivity index is 3.12. The normalized spacial score (nSPS) is 10.4. The van der Waals surface area contributed by atoms with Crippen LogP contribution < -0.4 is 5.73 Å². The van der Waals surface area contributed by atoms with E-state index in [0.29, 0.717) is 12.0 Å². The van der Waals surface area contributed by atoms with Crippen molar-refractivity contribution in [3.05, 3.63) is 35.7 Å². The number of anilines is 1. The minimum atomic E-state index is -0.423. The predicted molar refractivity (Wildman–Crippen MR) is 45.9 cm³/mol. The number of nitrogens with two attached hydrogens (primary N) is 1. The number of aldehydes is 1. The molecular weight excluding hydrogens is 157 g/mol. The van der Waals surface area contributed by atoms with Gasteiger partial charge in [0.2, 0.25) is 0 Å². The maximum atomic E-state index is 12.9. The van der Waals surface area contributed by atoms with Gasteiger partial charge in [0.25, 0.3) is 0 Å². The molecule has 0 heterocycles. The van der Waals surface area contributed by atoms with Crippen molar-refractivity contribution < 1.29 is 9.18 Å². The molecule has 0 spiro atoms. The Bertz CT molecular complexity index is 300. The van der Waals surface area contributed by atoms with Crippen LogP contribution in [0.15, 0.2) is 24.3 Å². The largest absolute Gasteiger partial charge is 0.398 e. The van der Waals surface area contributed by atoms with Crippen molar-refractivity contribution in [1.29, 1.82) is 0 Å². The Morgan fingerprint density at radius 2 is 2.17 bits per heavy atom. The van der Waals surface area contributed by atoms with Crippen LogP contribution in [0.1, 0.15) is 5.56 Å². The Hall–Kier alpha value is -1.64. The molecule has 0 saturated heterocycles. The van der Waals surface area contributed by atoms with Crippen LogP contribution >= 0.6 is 0 Å². The molecule has 1 rings (SSSR count). The lowest BCUT2D eigenvalue weighted by atomic mass is 10.1. The molecule has 2 N–H and O–H groups in total. The van der Waals surface area contributed by atoms with Gasteiger partial charge in [0, 0.05) is 11.3 Å². The average molecular weight is 165 g/mol. The molecule has 0 unspecified atom stereocenters. The van der Waals surface area contributed by atoms with Crippen LogP contribution in [0, 0.1) is 5.82 Å². The van der Waals surface area contributed by atoms with Crippen molar-refractivity contribution in [3.63, 3.8) is 0 Å². The summed E-state index contributed by atoms with van der Waals surface area (Å²) in [7, 11) is 0. The van der Waals surface area contributed by atoms with Gasteiger partial charge in [-0.25, -0.2) is 4.39 Å². The summed E-state index contributed by atoms with van der Waals surface area (Å²) in [6.07, 6.45) is 3.12. The fourth-order valence-electron chi connectivity index (χ4n) is 0.865. The molecule has 0 saturated carbocycles. The lowest BCUT2D eigenvalue weighted by Crippen LogP contribution is -1.91. The van der Waals surface area contributed by atoms with Crippen molar-refractivity contribution >= 4 is 18.0 Å². The second kappa shape index (κ2) is 3.67. The molecule has 0 bridgehead atoms. The molecule has 0 aliphatic rings. The molecule has 0 amide bonds. The predicted octanol–water partition coefficient (Wildman–Crippen LogP) is 1.62. The van der Waals surface area contributed by atoms with Gasteiger partial charge in [-0.3, -0.25) is 4.79 Å². The Morgan fingerprint density at radius 3 is 2.75 bits per heavy atom. The highest BCUT2D eigenvalue weighted by Gasteiger charge is 2.00. The number of allylic oxidation sites excluding steroid dienone is 1. The van der Waals surface area contributed by atoms with Gasteiger partial charge < -0.3 is 5.73 Å². The molecule has 62 valence electrons. The van der Waals surface area contributed by atoms with E-state index in [1.54, 1.807) is 6.07 Å². The number of nitrogen functional groups attached to an aromatic ring is 1. The zero-order valence-corrected chi connectivity index (χ0v) is 6.33. The summed E-state index contributed by atoms with van der Waals surface area (Å²) in [5.41, 5.74) is 6.04. The van der Waals surface area contributed by atoms with Crippen LogP contribution in [0.5, 0.6) is 0 Å². The first-order chi connectivity index (χ1) is 5.75. The van der Waals surface area contributed by atoms with Crippen molar-refractivity contribution in [2.24, 2.45) is 0 Å². The summed E-state index contributed by atoms with van der Waals surface area (Å²) in [5.74, 6) is -0.423.